The fraction of sp³-hybridized carbons (Fsp3) is 0.529. The molecule has 0 spiro atoms. The Kier molecular flexibility index (Phi) is 15.0. The molecule has 0 amide bonds. The van der Waals surface area contributed by atoms with Gasteiger partial charge in [0.1, 0.15) is 0 Å². The first-order valence-electron chi connectivity index (χ1n) is 7.55. The second-order valence-electron chi connectivity index (χ2n) is 4.67. The third kappa shape index (κ3) is 15.4. The van der Waals surface area contributed by atoms with Gasteiger partial charge in [0.2, 0.25) is 0 Å². The van der Waals surface area contributed by atoms with Crippen LogP contribution in [0.4, 0.5) is 0 Å². The van der Waals surface area contributed by atoms with E-state index in [1.54, 1.807) is 12.2 Å². The van der Waals surface area contributed by atoms with E-state index >= 15 is 0 Å². The monoisotopic (exact) mass is 311 g/mol. The van der Waals surface area contributed by atoms with Gasteiger partial charge in [-0.1, -0.05) is 55.5 Å². The zero-order valence-corrected chi connectivity index (χ0v) is 13.8. The molecule has 0 aromatic heterocycles. The summed E-state index contributed by atoms with van der Waals surface area (Å²) in [5.74, 6) is 0.807. The van der Waals surface area contributed by atoms with Crippen LogP contribution in [0.15, 0.2) is 48.6 Å². The van der Waals surface area contributed by atoms with Gasteiger partial charge >= 0.3 is 0 Å². The molecular weight excluding hydrogens is 282 g/mol. The highest BCUT2D eigenvalue weighted by Gasteiger charge is 1.96. The quantitative estimate of drug-likeness (QED) is 0.194. The largest absolute Gasteiger partial charge is 0.389 e. The van der Waals surface area contributed by atoms with E-state index in [0.29, 0.717) is 12.8 Å². The van der Waals surface area contributed by atoms with Crippen molar-refractivity contribution in [2.24, 2.45) is 0 Å². The Bertz CT molecular complexity index is 338. The maximum Gasteiger partial charge on any atom is 0.0758 e. The second-order valence-corrected chi connectivity index (χ2v) is 5.11. The maximum atomic E-state index is 9.67. The van der Waals surface area contributed by atoms with Gasteiger partial charge in [0.15, 0.2) is 0 Å². The molecule has 0 radical (unpaired) electrons. The molecule has 0 aromatic rings. The second kappa shape index (κ2) is 15.6. The van der Waals surface area contributed by atoms with Crippen molar-refractivity contribution in [1.29, 1.82) is 0 Å². The standard InChI is InChI=1S/C17H29NO2S/c1-2-3-6-9-16(19)10-7-4-5-8-11-17(20)12-13-18-14-15-21/h3-8,10-11,16-21H,2,9,12-15H2,1H3/b5-4-,6-3-,10-7+,11-8+/t16-,17+/m0/s1. The van der Waals surface area contributed by atoms with Crippen molar-refractivity contribution in [3.63, 3.8) is 0 Å². The first-order chi connectivity index (χ1) is 10.2. The molecule has 120 valence electrons. The zero-order valence-electron chi connectivity index (χ0n) is 12.9. The van der Waals surface area contributed by atoms with Crippen LogP contribution in [-0.4, -0.2) is 41.3 Å². The predicted octanol–water partition coefficient (Wildman–Crippen LogP) is 2.64. The Morgan fingerprint density at radius 1 is 0.952 bits per heavy atom. The SMILES string of the molecule is CC/C=C\C[C@H](O)/C=C/C=C\C=C\[C@@H](O)CCNCCS. The molecule has 0 aliphatic carbocycles. The molecule has 4 heteroatoms. The number of allylic oxidation sites excluding steroid dienone is 5. The van der Waals surface area contributed by atoms with Crippen molar-refractivity contribution in [2.75, 3.05) is 18.8 Å². The van der Waals surface area contributed by atoms with E-state index in [4.69, 9.17) is 0 Å². The molecule has 3 N–H and O–H groups in total. The molecule has 0 aliphatic heterocycles. The lowest BCUT2D eigenvalue weighted by atomic mass is 10.2. The average molecular weight is 311 g/mol. The molecule has 0 unspecified atom stereocenters. The number of hydrogen-bond donors (Lipinski definition) is 4. The summed E-state index contributed by atoms with van der Waals surface area (Å²) < 4.78 is 0. The van der Waals surface area contributed by atoms with Crippen molar-refractivity contribution < 1.29 is 10.2 Å². The normalized spacial score (nSPS) is 15.8. The lowest BCUT2D eigenvalue weighted by molar-refractivity contribution is 0.212. The van der Waals surface area contributed by atoms with E-state index in [1.807, 2.05) is 36.5 Å². The van der Waals surface area contributed by atoms with Crippen LogP contribution in [-0.2, 0) is 0 Å². The maximum absolute atomic E-state index is 9.67. The summed E-state index contributed by atoms with van der Waals surface area (Å²) >= 11 is 4.10. The molecule has 0 aromatic carbocycles. The van der Waals surface area contributed by atoms with Crippen LogP contribution >= 0.6 is 12.6 Å². The van der Waals surface area contributed by atoms with Gasteiger partial charge in [-0.15, -0.1) is 0 Å². The predicted molar refractivity (Wildman–Crippen MR) is 94.8 cm³/mol. The number of rotatable bonds is 12. The molecule has 0 rings (SSSR count). The van der Waals surface area contributed by atoms with Crippen LogP contribution in [0.3, 0.4) is 0 Å². The Balaban J connectivity index is 3.77. The minimum Gasteiger partial charge on any atom is -0.389 e. The summed E-state index contributed by atoms with van der Waals surface area (Å²) in [5, 5.41) is 22.5. The fourth-order valence-electron chi connectivity index (χ4n) is 1.54. The third-order valence-corrected chi connectivity index (χ3v) is 2.91. The summed E-state index contributed by atoms with van der Waals surface area (Å²) in [7, 11) is 0. The van der Waals surface area contributed by atoms with Crippen molar-refractivity contribution in [3.8, 4) is 0 Å². The molecule has 2 atom stereocenters. The Morgan fingerprint density at radius 2 is 1.62 bits per heavy atom. The minimum absolute atomic E-state index is 0.434. The molecule has 0 aliphatic rings. The van der Waals surface area contributed by atoms with Crippen LogP contribution in [0.5, 0.6) is 0 Å². The van der Waals surface area contributed by atoms with Crippen molar-refractivity contribution in [1.82, 2.24) is 5.32 Å². The van der Waals surface area contributed by atoms with E-state index in [9.17, 15) is 10.2 Å². The van der Waals surface area contributed by atoms with E-state index < -0.39 is 12.2 Å². The highest BCUT2D eigenvalue weighted by Crippen LogP contribution is 1.97. The summed E-state index contributed by atoms with van der Waals surface area (Å²) in [6.45, 7) is 3.71. The van der Waals surface area contributed by atoms with E-state index in [2.05, 4.69) is 24.9 Å². The summed E-state index contributed by atoms with van der Waals surface area (Å²) in [6.07, 6.45) is 16.3. The van der Waals surface area contributed by atoms with Gasteiger partial charge in [-0.25, -0.2) is 0 Å². The lowest BCUT2D eigenvalue weighted by Crippen LogP contribution is -2.21. The van der Waals surface area contributed by atoms with E-state index in [0.717, 1.165) is 25.3 Å². The Labute approximate surface area is 134 Å². The highest BCUT2D eigenvalue weighted by molar-refractivity contribution is 7.80. The van der Waals surface area contributed by atoms with Crippen molar-refractivity contribution in [2.45, 2.75) is 38.4 Å². The van der Waals surface area contributed by atoms with Crippen molar-refractivity contribution in [3.05, 3.63) is 48.6 Å². The molecule has 0 saturated heterocycles. The first kappa shape index (κ1) is 20.2. The number of aliphatic hydroxyl groups excluding tert-OH is 2. The molecule has 21 heavy (non-hydrogen) atoms. The van der Waals surface area contributed by atoms with Gasteiger partial charge in [-0.2, -0.15) is 12.6 Å². The van der Waals surface area contributed by atoms with E-state index in [-0.39, 0.29) is 0 Å². The van der Waals surface area contributed by atoms with Gasteiger partial charge in [0.05, 0.1) is 12.2 Å². The highest BCUT2D eigenvalue weighted by atomic mass is 32.1. The van der Waals surface area contributed by atoms with Crippen LogP contribution in [0.1, 0.15) is 26.2 Å². The summed E-state index contributed by atoms with van der Waals surface area (Å²) in [6, 6.07) is 0. The fourth-order valence-corrected chi connectivity index (χ4v) is 1.70. The van der Waals surface area contributed by atoms with Gasteiger partial charge < -0.3 is 15.5 Å². The van der Waals surface area contributed by atoms with Crippen LogP contribution < -0.4 is 5.32 Å². The number of hydrogen-bond acceptors (Lipinski definition) is 4. The van der Waals surface area contributed by atoms with Crippen molar-refractivity contribution >= 4 is 12.6 Å². The van der Waals surface area contributed by atoms with Gasteiger partial charge in [0, 0.05) is 12.3 Å². The lowest BCUT2D eigenvalue weighted by Gasteiger charge is -2.05. The van der Waals surface area contributed by atoms with Gasteiger partial charge in [-0.3, -0.25) is 0 Å². The number of thiol groups is 1. The summed E-state index contributed by atoms with van der Waals surface area (Å²) in [5.41, 5.74) is 0. The number of nitrogens with one attached hydrogen (secondary N) is 1. The Hall–Kier alpha value is -0.810. The topological polar surface area (TPSA) is 52.5 Å². The summed E-state index contributed by atoms with van der Waals surface area (Å²) in [4.78, 5) is 0. The molecule has 0 bridgehead atoms. The van der Waals surface area contributed by atoms with Crippen LogP contribution in [0.2, 0.25) is 0 Å². The molecule has 0 saturated carbocycles. The minimum atomic E-state index is -0.440. The van der Waals surface area contributed by atoms with E-state index in [1.165, 1.54) is 0 Å². The van der Waals surface area contributed by atoms with Crippen LogP contribution in [0, 0.1) is 0 Å². The van der Waals surface area contributed by atoms with Gasteiger partial charge in [0.25, 0.3) is 0 Å². The smallest absolute Gasteiger partial charge is 0.0758 e. The molecular formula is C17H29NO2S. The molecule has 0 heterocycles. The molecule has 3 nitrogen and oxygen atoms in total. The van der Waals surface area contributed by atoms with Gasteiger partial charge in [-0.05, 0) is 25.8 Å². The number of aliphatic hydroxyl groups is 2. The third-order valence-electron chi connectivity index (χ3n) is 2.69. The zero-order chi connectivity index (χ0) is 15.8. The average Bonchev–Trinajstić information content (AvgIpc) is 2.47. The first-order valence-corrected chi connectivity index (χ1v) is 8.18. The van der Waals surface area contributed by atoms with Crippen LogP contribution in [0.25, 0.3) is 0 Å². The molecule has 0 fully saturated rings. The Morgan fingerprint density at radius 3 is 2.24 bits per heavy atom.